The van der Waals surface area contributed by atoms with Crippen LogP contribution in [0, 0.1) is 34.6 Å². The van der Waals surface area contributed by atoms with Crippen LogP contribution in [-0.4, -0.2) is 10.9 Å². The largest absolute Gasteiger partial charge is 0.397 e. The maximum Gasteiger partial charge on any atom is 0.267 e. The summed E-state index contributed by atoms with van der Waals surface area (Å²) in [4.78, 5) is 18.5. The van der Waals surface area contributed by atoms with Gasteiger partial charge in [0.05, 0.1) is 16.4 Å². The lowest BCUT2D eigenvalue weighted by atomic mass is 10.0. The maximum absolute atomic E-state index is 12.8. The van der Waals surface area contributed by atoms with E-state index in [9.17, 15) is 4.79 Å². The third-order valence-corrected chi connectivity index (χ3v) is 5.99. The van der Waals surface area contributed by atoms with Gasteiger partial charge in [0.15, 0.2) is 0 Å². The molecule has 25 heavy (non-hydrogen) atoms. The number of nitrogen functional groups attached to an aromatic ring is 1. The number of benzene rings is 1. The molecule has 2 heterocycles. The Balaban J connectivity index is 2.07. The van der Waals surface area contributed by atoms with Crippen molar-refractivity contribution in [3.63, 3.8) is 0 Å². The number of nitrogens with zero attached hydrogens (tertiary/aromatic N) is 1. The summed E-state index contributed by atoms with van der Waals surface area (Å²) in [7, 11) is 0. The molecule has 0 unspecified atom stereocenters. The fourth-order valence-electron chi connectivity index (χ4n) is 3.17. The summed E-state index contributed by atoms with van der Waals surface area (Å²) in [5.41, 5.74) is 12.3. The van der Waals surface area contributed by atoms with Crippen molar-refractivity contribution < 1.29 is 4.79 Å². The average molecular weight is 374 g/mol. The third-order valence-electron chi connectivity index (χ3n) is 4.34. The molecule has 130 valence electrons. The van der Waals surface area contributed by atoms with Gasteiger partial charge in [-0.3, -0.25) is 4.79 Å². The number of hydrogen-bond acceptors (Lipinski definition) is 4. The number of fused-ring (bicyclic) bond motifs is 1. The molecule has 0 atom stereocenters. The first-order chi connectivity index (χ1) is 11.7. The molecule has 0 radical (unpaired) electrons. The highest BCUT2D eigenvalue weighted by atomic mass is 35.5. The first kappa shape index (κ1) is 17.7. The minimum Gasteiger partial charge on any atom is -0.397 e. The molecule has 0 bridgehead atoms. The molecular formula is C19H20ClN3OS. The highest BCUT2D eigenvalue weighted by Gasteiger charge is 2.21. The summed E-state index contributed by atoms with van der Waals surface area (Å²) in [6.45, 7) is 9.76. The number of rotatable bonds is 2. The quantitative estimate of drug-likeness (QED) is 0.638. The Bertz CT molecular complexity index is 1000. The van der Waals surface area contributed by atoms with Crippen molar-refractivity contribution in [2.45, 2.75) is 34.6 Å². The van der Waals surface area contributed by atoms with Crippen molar-refractivity contribution in [2.24, 2.45) is 0 Å². The van der Waals surface area contributed by atoms with Crippen LogP contribution in [0.15, 0.2) is 12.1 Å². The van der Waals surface area contributed by atoms with Crippen LogP contribution in [-0.2, 0) is 0 Å². The Morgan fingerprint density at radius 2 is 1.76 bits per heavy atom. The third kappa shape index (κ3) is 2.98. The zero-order chi connectivity index (χ0) is 18.5. The van der Waals surface area contributed by atoms with Gasteiger partial charge in [0.25, 0.3) is 5.91 Å². The fraction of sp³-hybridized carbons (Fsp3) is 0.263. The number of pyridine rings is 1. The summed E-state index contributed by atoms with van der Waals surface area (Å²) >= 11 is 7.59. The van der Waals surface area contributed by atoms with Crippen LogP contribution in [0.5, 0.6) is 0 Å². The lowest BCUT2D eigenvalue weighted by Gasteiger charge is -2.12. The average Bonchev–Trinajstić information content (AvgIpc) is 2.85. The molecule has 0 aliphatic carbocycles. The molecule has 0 saturated heterocycles. The minimum atomic E-state index is -0.219. The van der Waals surface area contributed by atoms with Crippen LogP contribution in [0.2, 0.25) is 5.02 Å². The number of aryl methyl sites for hydroxylation is 5. The number of anilines is 2. The van der Waals surface area contributed by atoms with Gasteiger partial charge in [-0.15, -0.1) is 11.3 Å². The number of nitrogens with two attached hydrogens (primary N) is 1. The number of thiophene rings is 1. The van der Waals surface area contributed by atoms with Crippen molar-refractivity contribution in [1.82, 2.24) is 4.98 Å². The van der Waals surface area contributed by atoms with E-state index in [1.54, 1.807) is 0 Å². The summed E-state index contributed by atoms with van der Waals surface area (Å²) in [5.74, 6) is -0.219. The highest BCUT2D eigenvalue weighted by molar-refractivity contribution is 7.21. The predicted octanol–water partition coefficient (Wildman–Crippen LogP) is 5.33. The first-order valence-corrected chi connectivity index (χ1v) is 9.14. The van der Waals surface area contributed by atoms with Gasteiger partial charge in [-0.1, -0.05) is 29.3 Å². The summed E-state index contributed by atoms with van der Waals surface area (Å²) in [5, 5.41) is 4.36. The zero-order valence-electron chi connectivity index (χ0n) is 14.9. The van der Waals surface area contributed by atoms with Crippen LogP contribution in [0.1, 0.15) is 37.6 Å². The number of hydrogen-bond donors (Lipinski definition) is 2. The normalized spacial score (nSPS) is 11.1. The van der Waals surface area contributed by atoms with Crippen molar-refractivity contribution in [1.29, 1.82) is 0 Å². The van der Waals surface area contributed by atoms with E-state index < -0.39 is 0 Å². The second kappa shape index (κ2) is 6.32. The van der Waals surface area contributed by atoms with Gasteiger partial charge in [-0.25, -0.2) is 4.98 Å². The Morgan fingerprint density at radius 3 is 2.36 bits per heavy atom. The van der Waals surface area contributed by atoms with Crippen LogP contribution in [0.4, 0.5) is 11.4 Å². The Hall–Kier alpha value is -2.11. The summed E-state index contributed by atoms with van der Waals surface area (Å²) < 4.78 is 0. The lowest BCUT2D eigenvalue weighted by Crippen LogP contribution is -2.14. The molecule has 3 N–H and O–H groups in total. The van der Waals surface area contributed by atoms with Crippen LogP contribution in [0.3, 0.4) is 0 Å². The van der Waals surface area contributed by atoms with E-state index in [1.165, 1.54) is 16.9 Å². The van der Waals surface area contributed by atoms with E-state index in [2.05, 4.69) is 10.3 Å². The summed E-state index contributed by atoms with van der Waals surface area (Å²) in [6.07, 6.45) is 0. The zero-order valence-corrected chi connectivity index (χ0v) is 16.4. The van der Waals surface area contributed by atoms with Crippen molar-refractivity contribution in [3.8, 4) is 0 Å². The lowest BCUT2D eigenvalue weighted by molar-refractivity contribution is 0.103. The first-order valence-electron chi connectivity index (χ1n) is 7.94. The molecule has 1 amide bonds. The number of aromatic nitrogens is 1. The van der Waals surface area contributed by atoms with E-state index in [-0.39, 0.29) is 5.91 Å². The van der Waals surface area contributed by atoms with E-state index in [0.29, 0.717) is 15.6 Å². The van der Waals surface area contributed by atoms with Gasteiger partial charge >= 0.3 is 0 Å². The number of nitrogens with one attached hydrogen (secondary N) is 1. The maximum atomic E-state index is 12.8. The van der Waals surface area contributed by atoms with Crippen molar-refractivity contribution in [3.05, 3.63) is 50.0 Å². The molecular weight excluding hydrogens is 354 g/mol. The molecule has 0 spiro atoms. The topological polar surface area (TPSA) is 68.0 Å². The van der Waals surface area contributed by atoms with Gasteiger partial charge < -0.3 is 11.1 Å². The standard InChI is InChI=1S/C19H20ClN3OS/c1-8-6-9(2)16(10(3)7-8)23-18(24)17-15(21)13-11(4)14(20)12(5)22-19(13)25-17/h6-7H,21H2,1-5H3,(H,23,24). The molecule has 6 heteroatoms. The molecule has 0 fully saturated rings. The van der Waals surface area contributed by atoms with E-state index >= 15 is 0 Å². The van der Waals surface area contributed by atoms with Gasteiger partial charge in [-0.2, -0.15) is 0 Å². The Morgan fingerprint density at radius 1 is 1.16 bits per heavy atom. The Kier molecular flexibility index (Phi) is 4.47. The monoisotopic (exact) mass is 373 g/mol. The van der Waals surface area contributed by atoms with Crippen LogP contribution >= 0.6 is 22.9 Å². The number of carbonyl (C=O) groups excluding carboxylic acids is 1. The smallest absolute Gasteiger partial charge is 0.267 e. The van der Waals surface area contributed by atoms with E-state index in [4.69, 9.17) is 17.3 Å². The molecule has 2 aromatic heterocycles. The Labute approximate surface area is 156 Å². The van der Waals surface area contributed by atoms with E-state index in [0.717, 1.165) is 38.3 Å². The number of halogens is 1. The van der Waals surface area contributed by atoms with Crippen LogP contribution < -0.4 is 11.1 Å². The van der Waals surface area contributed by atoms with Crippen LogP contribution in [0.25, 0.3) is 10.2 Å². The molecule has 1 aromatic carbocycles. The molecule has 0 saturated carbocycles. The fourth-order valence-corrected chi connectivity index (χ4v) is 4.40. The second-order valence-corrected chi connectivity index (χ2v) is 7.77. The van der Waals surface area contributed by atoms with Gasteiger partial charge in [-0.05, 0) is 51.3 Å². The molecule has 3 rings (SSSR count). The number of carbonyl (C=O) groups is 1. The second-order valence-electron chi connectivity index (χ2n) is 6.39. The number of amides is 1. The van der Waals surface area contributed by atoms with Gasteiger partial charge in [0.2, 0.25) is 0 Å². The minimum absolute atomic E-state index is 0.219. The van der Waals surface area contributed by atoms with Gasteiger partial charge in [0, 0.05) is 11.1 Å². The molecule has 0 aliphatic rings. The summed E-state index contributed by atoms with van der Waals surface area (Å²) in [6, 6.07) is 4.09. The molecule has 4 nitrogen and oxygen atoms in total. The van der Waals surface area contributed by atoms with E-state index in [1.807, 2.05) is 46.8 Å². The highest BCUT2D eigenvalue weighted by Crippen LogP contribution is 2.38. The SMILES string of the molecule is Cc1cc(C)c(NC(=O)c2sc3nc(C)c(Cl)c(C)c3c2N)c(C)c1. The molecule has 0 aliphatic heterocycles. The predicted molar refractivity (Wildman–Crippen MR) is 107 cm³/mol. The van der Waals surface area contributed by atoms with Gasteiger partial charge in [0.1, 0.15) is 9.71 Å². The molecule has 3 aromatic rings. The van der Waals surface area contributed by atoms with Crippen molar-refractivity contribution >= 4 is 50.4 Å². The van der Waals surface area contributed by atoms with Crippen molar-refractivity contribution in [2.75, 3.05) is 11.1 Å².